The molecule has 16 heavy (non-hydrogen) atoms. The minimum Gasteiger partial charge on any atom is -0.324 e. The van der Waals surface area contributed by atoms with Crippen LogP contribution in [0.2, 0.25) is 0 Å². The number of hydrogen-bond donors (Lipinski definition) is 2. The highest BCUT2D eigenvalue weighted by molar-refractivity contribution is 5.33. The van der Waals surface area contributed by atoms with Crippen molar-refractivity contribution in [1.29, 1.82) is 0 Å². The van der Waals surface area contributed by atoms with Crippen molar-refractivity contribution in [1.82, 2.24) is 15.1 Å². The van der Waals surface area contributed by atoms with Gasteiger partial charge in [-0.15, -0.1) is 0 Å². The first kappa shape index (κ1) is 10.3. The molecule has 0 spiro atoms. The maximum Gasteiger partial charge on any atom is 0.0844 e. The minimum atomic E-state index is 0.200. The zero-order chi connectivity index (χ0) is 11.1. The molecular formula is C12H20N4. The zero-order valence-corrected chi connectivity index (χ0v) is 9.87. The second kappa shape index (κ2) is 3.86. The van der Waals surface area contributed by atoms with E-state index >= 15 is 0 Å². The van der Waals surface area contributed by atoms with Crippen molar-refractivity contribution in [2.45, 2.75) is 44.2 Å². The monoisotopic (exact) mass is 220 g/mol. The lowest BCUT2D eigenvalue weighted by molar-refractivity contribution is 0.309. The second-order valence-corrected chi connectivity index (χ2v) is 5.14. The summed E-state index contributed by atoms with van der Waals surface area (Å²) in [5, 5.41) is 7.73. The van der Waals surface area contributed by atoms with Crippen molar-refractivity contribution in [2.24, 2.45) is 5.73 Å². The summed E-state index contributed by atoms with van der Waals surface area (Å²) in [6, 6.07) is 0.690. The summed E-state index contributed by atoms with van der Waals surface area (Å²) in [5.41, 5.74) is 10.1. The number of nitrogens with zero attached hydrogens (tertiary/aromatic N) is 2. The Labute approximate surface area is 96.2 Å². The lowest BCUT2D eigenvalue weighted by Crippen LogP contribution is -2.23. The standard InChI is InChI=1S/C12H20N4/c1-16-7-3-6-10(16)12-11-8(13)4-2-5-9(11)14-15-12/h8,10H,2-7,13H2,1H3,(H,14,15)/t8-,10+/m0/s1. The van der Waals surface area contributed by atoms with Crippen molar-refractivity contribution in [3.8, 4) is 0 Å². The van der Waals surface area contributed by atoms with Crippen LogP contribution in [0, 0.1) is 0 Å². The number of fused-ring (bicyclic) bond motifs is 1. The molecule has 1 aromatic rings. The Kier molecular flexibility index (Phi) is 2.48. The van der Waals surface area contributed by atoms with E-state index in [-0.39, 0.29) is 6.04 Å². The predicted octanol–water partition coefficient (Wildman–Crippen LogP) is 1.51. The maximum atomic E-state index is 6.23. The third kappa shape index (κ3) is 1.48. The summed E-state index contributed by atoms with van der Waals surface area (Å²) in [6.07, 6.45) is 5.91. The van der Waals surface area contributed by atoms with Gasteiger partial charge in [0.25, 0.3) is 0 Å². The van der Waals surface area contributed by atoms with Crippen LogP contribution in [0.25, 0.3) is 0 Å². The molecule has 4 heteroatoms. The van der Waals surface area contributed by atoms with Crippen molar-refractivity contribution in [3.63, 3.8) is 0 Å². The van der Waals surface area contributed by atoms with Gasteiger partial charge >= 0.3 is 0 Å². The van der Waals surface area contributed by atoms with Crippen LogP contribution in [-0.2, 0) is 6.42 Å². The molecule has 3 N–H and O–H groups in total. The molecule has 0 saturated carbocycles. The smallest absolute Gasteiger partial charge is 0.0844 e. The van der Waals surface area contributed by atoms with Gasteiger partial charge in [0.2, 0.25) is 0 Å². The van der Waals surface area contributed by atoms with Gasteiger partial charge in [0.1, 0.15) is 0 Å². The van der Waals surface area contributed by atoms with E-state index in [9.17, 15) is 0 Å². The quantitative estimate of drug-likeness (QED) is 0.754. The summed E-state index contributed by atoms with van der Waals surface area (Å²) >= 11 is 0. The highest BCUT2D eigenvalue weighted by Gasteiger charge is 2.31. The fraction of sp³-hybridized carbons (Fsp3) is 0.750. The second-order valence-electron chi connectivity index (χ2n) is 5.14. The highest BCUT2D eigenvalue weighted by Crippen LogP contribution is 2.37. The van der Waals surface area contributed by atoms with E-state index in [4.69, 9.17) is 5.73 Å². The number of likely N-dealkylation sites (tertiary alicyclic amines) is 1. The number of nitrogens with two attached hydrogens (primary N) is 1. The summed E-state index contributed by atoms with van der Waals surface area (Å²) in [6.45, 7) is 1.18. The fourth-order valence-electron chi connectivity index (χ4n) is 3.16. The zero-order valence-electron chi connectivity index (χ0n) is 9.87. The van der Waals surface area contributed by atoms with E-state index in [1.807, 2.05) is 0 Å². The van der Waals surface area contributed by atoms with Gasteiger partial charge in [-0.2, -0.15) is 5.10 Å². The van der Waals surface area contributed by atoms with Crippen LogP contribution in [0.15, 0.2) is 0 Å². The maximum absolute atomic E-state index is 6.23. The van der Waals surface area contributed by atoms with Gasteiger partial charge in [-0.05, 0) is 45.7 Å². The largest absolute Gasteiger partial charge is 0.324 e. The van der Waals surface area contributed by atoms with Crippen LogP contribution in [-0.4, -0.2) is 28.7 Å². The summed E-state index contributed by atoms with van der Waals surface area (Å²) in [7, 11) is 2.19. The molecule has 1 saturated heterocycles. The van der Waals surface area contributed by atoms with Crippen molar-refractivity contribution >= 4 is 0 Å². The van der Waals surface area contributed by atoms with E-state index in [0.717, 1.165) is 12.8 Å². The van der Waals surface area contributed by atoms with Crippen LogP contribution >= 0.6 is 0 Å². The molecule has 1 fully saturated rings. The number of aryl methyl sites for hydroxylation is 1. The summed E-state index contributed by atoms with van der Waals surface area (Å²) < 4.78 is 0. The number of rotatable bonds is 1. The third-order valence-corrected chi connectivity index (χ3v) is 4.06. The molecule has 0 radical (unpaired) electrons. The SMILES string of the molecule is CN1CCC[C@@H]1c1n[nH]c2c1[C@@H](N)CCC2. The number of H-pyrrole nitrogens is 1. The molecule has 0 amide bonds. The van der Waals surface area contributed by atoms with Crippen LogP contribution in [0.4, 0.5) is 0 Å². The first-order chi connectivity index (χ1) is 7.77. The molecule has 2 heterocycles. The molecule has 0 unspecified atom stereocenters. The summed E-state index contributed by atoms with van der Waals surface area (Å²) in [4.78, 5) is 2.40. The van der Waals surface area contributed by atoms with Crippen LogP contribution in [0.1, 0.15) is 54.7 Å². The van der Waals surface area contributed by atoms with Crippen LogP contribution in [0.3, 0.4) is 0 Å². The van der Waals surface area contributed by atoms with E-state index < -0.39 is 0 Å². The first-order valence-corrected chi connectivity index (χ1v) is 6.30. The van der Waals surface area contributed by atoms with Crippen molar-refractivity contribution < 1.29 is 0 Å². The first-order valence-electron chi connectivity index (χ1n) is 6.30. The van der Waals surface area contributed by atoms with E-state index in [2.05, 4.69) is 22.1 Å². The topological polar surface area (TPSA) is 57.9 Å². The van der Waals surface area contributed by atoms with Gasteiger partial charge in [-0.25, -0.2) is 0 Å². The number of aromatic nitrogens is 2. The van der Waals surface area contributed by atoms with Gasteiger partial charge in [0.15, 0.2) is 0 Å². The summed E-state index contributed by atoms with van der Waals surface area (Å²) in [5.74, 6) is 0. The van der Waals surface area contributed by atoms with Crippen molar-refractivity contribution in [3.05, 3.63) is 17.0 Å². The van der Waals surface area contributed by atoms with Crippen LogP contribution in [0.5, 0.6) is 0 Å². The van der Waals surface area contributed by atoms with E-state index in [1.54, 1.807) is 0 Å². The molecule has 2 aliphatic rings. The normalized spacial score (nSPS) is 30.6. The Morgan fingerprint density at radius 3 is 3.00 bits per heavy atom. The molecule has 0 aromatic carbocycles. The molecular weight excluding hydrogens is 200 g/mol. The third-order valence-electron chi connectivity index (χ3n) is 4.06. The Hall–Kier alpha value is -0.870. The highest BCUT2D eigenvalue weighted by atomic mass is 15.2. The fourth-order valence-corrected chi connectivity index (χ4v) is 3.16. The average molecular weight is 220 g/mol. The number of aromatic amines is 1. The lowest BCUT2D eigenvalue weighted by atomic mass is 9.89. The van der Waals surface area contributed by atoms with Gasteiger partial charge in [0, 0.05) is 17.3 Å². The number of hydrogen-bond acceptors (Lipinski definition) is 3. The van der Waals surface area contributed by atoms with E-state index in [1.165, 1.54) is 42.8 Å². The van der Waals surface area contributed by atoms with Crippen molar-refractivity contribution in [2.75, 3.05) is 13.6 Å². The molecule has 2 atom stereocenters. The number of nitrogens with one attached hydrogen (secondary N) is 1. The minimum absolute atomic E-state index is 0.200. The molecule has 0 bridgehead atoms. The van der Waals surface area contributed by atoms with Gasteiger partial charge in [-0.1, -0.05) is 0 Å². The molecule has 88 valence electrons. The van der Waals surface area contributed by atoms with Gasteiger partial charge < -0.3 is 5.73 Å². The predicted molar refractivity (Wildman–Crippen MR) is 63.1 cm³/mol. The average Bonchev–Trinajstić information content (AvgIpc) is 2.84. The van der Waals surface area contributed by atoms with Gasteiger partial charge in [0.05, 0.1) is 11.7 Å². The molecule has 1 aliphatic carbocycles. The molecule has 4 nitrogen and oxygen atoms in total. The molecule has 3 rings (SSSR count). The van der Waals surface area contributed by atoms with E-state index in [0.29, 0.717) is 6.04 Å². The van der Waals surface area contributed by atoms with Gasteiger partial charge in [-0.3, -0.25) is 10.00 Å². The Morgan fingerprint density at radius 1 is 1.38 bits per heavy atom. The Bertz CT molecular complexity index is 384. The Morgan fingerprint density at radius 2 is 2.25 bits per heavy atom. The lowest BCUT2D eigenvalue weighted by Gasteiger charge is -2.23. The Balaban J connectivity index is 1.98. The molecule has 1 aliphatic heterocycles. The van der Waals surface area contributed by atoms with Crippen LogP contribution < -0.4 is 5.73 Å². The molecule has 1 aromatic heterocycles.